The van der Waals surface area contributed by atoms with E-state index in [-0.39, 0.29) is 5.78 Å². The van der Waals surface area contributed by atoms with Crippen molar-refractivity contribution in [2.75, 3.05) is 0 Å². The fourth-order valence-corrected chi connectivity index (χ4v) is 3.56. The number of aromatic amines is 1. The molecular formula is C18H15F2NOS. The second-order valence-electron chi connectivity index (χ2n) is 5.37. The maximum atomic E-state index is 13.3. The average Bonchev–Trinajstić information content (AvgIpc) is 2.86. The Labute approximate surface area is 136 Å². The van der Waals surface area contributed by atoms with Gasteiger partial charge in [0.25, 0.3) is 0 Å². The fraction of sp³-hybridized carbons (Fsp3) is 0.167. The standard InChI is InChI=1S/C18H15F2NOS/c1-10-17(13-5-3-4-6-16(13)21-10)18(22)11(2)23-12-7-8-14(19)15(20)9-12/h3-9,11,21H,1-2H3/t11-/m0/s1. The van der Waals surface area contributed by atoms with Crippen LogP contribution in [0.15, 0.2) is 47.4 Å². The number of thioether (sulfide) groups is 1. The molecule has 3 aromatic rings. The largest absolute Gasteiger partial charge is 0.358 e. The van der Waals surface area contributed by atoms with E-state index >= 15 is 0 Å². The van der Waals surface area contributed by atoms with E-state index in [2.05, 4.69) is 4.98 Å². The summed E-state index contributed by atoms with van der Waals surface area (Å²) in [5.74, 6) is -1.83. The van der Waals surface area contributed by atoms with E-state index in [9.17, 15) is 13.6 Å². The Morgan fingerprint density at radius 3 is 2.61 bits per heavy atom. The lowest BCUT2D eigenvalue weighted by atomic mass is 10.1. The lowest BCUT2D eigenvalue weighted by Crippen LogP contribution is -2.14. The van der Waals surface area contributed by atoms with Crippen LogP contribution in [0, 0.1) is 18.6 Å². The third-order valence-electron chi connectivity index (χ3n) is 3.71. The highest BCUT2D eigenvalue weighted by atomic mass is 32.2. The average molecular weight is 331 g/mol. The number of benzene rings is 2. The topological polar surface area (TPSA) is 32.9 Å². The number of aromatic nitrogens is 1. The smallest absolute Gasteiger partial charge is 0.178 e. The molecule has 1 aromatic heterocycles. The molecule has 0 bridgehead atoms. The number of carbonyl (C=O) groups excluding carboxylic acids is 1. The van der Waals surface area contributed by atoms with E-state index in [1.807, 2.05) is 31.2 Å². The summed E-state index contributed by atoms with van der Waals surface area (Å²) in [6, 6.07) is 11.3. The lowest BCUT2D eigenvalue weighted by Gasteiger charge is -2.11. The maximum absolute atomic E-state index is 13.3. The molecule has 0 aliphatic heterocycles. The molecule has 3 rings (SSSR count). The van der Waals surface area contributed by atoms with Crippen molar-refractivity contribution >= 4 is 28.4 Å². The summed E-state index contributed by atoms with van der Waals surface area (Å²) in [7, 11) is 0. The summed E-state index contributed by atoms with van der Waals surface area (Å²) in [4.78, 5) is 16.5. The minimum Gasteiger partial charge on any atom is -0.358 e. The number of H-pyrrole nitrogens is 1. The number of Topliss-reactive ketones (excluding diaryl/α,β-unsaturated/α-hetero) is 1. The summed E-state index contributed by atoms with van der Waals surface area (Å²) in [5.41, 5.74) is 2.38. The molecule has 118 valence electrons. The molecule has 23 heavy (non-hydrogen) atoms. The molecular weight excluding hydrogens is 316 g/mol. The van der Waals surface area contributed by atoms with Crippen LogP contribution >= 0.6 is 11.8 Å². The maximum Gasteiger partial charge on any atom is 0.178 e. The number of carbonyl (C=O) groups is 1. The molecule has 1 atom stereocenters. The van der Waals surface area contributed by atoms with Gasteiger partial charge in [-0.05, 0) is 38.1 Å². The van der Waals surface area contributed by atoms with Crippen LogP contribution in [0.5, 0.6) is 0 Å². The highest BCUT2D eigenvalue weighted by molar-refractivity contribution is 8.00. The molecule has 5 heteroatoms. The van der Waals surface area contributed by atoms with Crippen molar-refractivity contribution in [1.82, 2.24) is 4.98 Å². The Kier molecular flexibility index (Phi) is 4.22. The molecule has 2 aromatic carbocycles. The van der Waals surface area contributed by atoms with Crippen LogP contribution in [0.2, 0.25) is 0 Å². The zero-order chi connectivity index (χ0) is 16.6. The van der Waals surface area contributed by atoms with Crippen LogP contribution in [0.25, 0.3) is 10.9 Å². The normalized spacial score (nSPS) is 12.5. The van der Waals surface area contributed by atoms with Crippen molar-refractivity contribution in [1.29, 1.82) is 0 Å². The number of hydrogen-bond donors (Lipinski definition) is 1. The molecule has 0 fully saturated rings. The molecule has 0 amide bonds. The van der Waals surface area contributed by atoms with E-state index in [4.69, 9.17) is 0 Å². The minimum absolute atomic E-state index is 0.0327. The van der Waals surface area contributed by atoms with Crippen LogP contribution in [-0.2, 0) is 0 Å². The van der Waals surface area contributed by atoms with Crippen LogP contribution < -0.4 is 0 Å². The number of hydrogen-bond acceptors (Lipinski definition) is 2. The highest BCUT2D eigenvalue weighted by Crippen LogP contribution is 2.30. The van der Waals surface area contributed by atoms with Crippen LogP contribution in [0.4, 0.5) is 8.78 Å². The first-order chi connectivity index (χ1) is 11.0. The Hall–Kier alpha value is -2.14. The van der Waals surface area contributed by atoms with Crippen molar-refractivity contribution in [3.8, 4) is 0 Å². The van der Waals surface area contributed by atoms with Gasteiger partial charge in [-0.3, -0.25) is 4.79 Å². The monoisotopic (exact) mass is 331 g/mol. The molecule has 2 nitrogen and oxygen atoms in total. The Morgan fingerprint density at radius 2 is 1.87 bits per heavy atom. The van der Waals surface area contributed by atoms with Crippen molar-refractivity contribution in [2.24, 2.45) is 0 Å². The van der Waals surface area contributed by atoms with E-state index in [1.165, 1.54) is 17.8 Å². The summed E-state index contributed by atoms with van der Waals surface area (Å²) >= 11 is 1.22. The van der Waals surface area contributed by atoms with Crippen LogP contribution in [-0.4, -0.2) is 16.0 Å². The first-order valence-corrected chi connectivity index (χ1v) is 8.08. The molecule has 0 aliphatic rings. The van der Waals surface area contributed by atoms with Crippen molar-refractivity contribution in [3.63, 3.8) is 0 Å². The van der Waals surface area contributed by atoms with Gasteiger partial charge in [-0.15, -0.1) is 11.8 Å². The number of nitrogens with one attached hydrogen (secondary N) is 1. The molecule has 0 saturated carbocycles. The summed E-state index contributed by atoms with van der Waals surface area (Å²) in [6.45, 7) is 3.64. The Balaban J connectivity index is 1.89. The van der Waals surface area contributed by atoms with E-state index < -0.39 is 16.9 Å². The van der Waals surface area contributed by atoms with Gasteiger partial charge in [0.15, 0.2) is 17.4 Å². The Morgan fingerprint density at radius 1 is 1.13 bits per heavy atom. The molecule has 0 saturated heterocycles. The first kappa shape index (κ1) is 15.7. The molecule has 0 radical (unpaired) electrons. The minimum atomic E-state index is -0.905. The van der Waals surface area contributed by atoms with Crippen LogP contribution in [0.3, 0.4) is 0 Å². The summed E-state index contributed by atoms with van der Waals surface area (Å²) < 4.78 is 26.3. The van der Waals surface area contributed by atoms with Crippen LogP contribution in [0.1, 0.15) is 23.0 Å². The van der Waals surface area contributed by atoms with Gasteiger partial charge in [0, 0.05) is 27.1 Å². The number of para-hydroxylation sites is 1. The zero-order valence-electron chi connectivity index (χ0n) is 12.7. The van der Waals surface area contributed by atoms with Gasteiger partial charge in [-0.25, -0.2) is 8.78 Å². The lowest BCUT2D eigenvalue weighted by molar-refractivity contribution is 0.0995. The van der Waals surface area contributed by atoms with Gasteiger partial charge in [0.05, 0.1) is 5.25 Å². The van der Waals surface area contributed by atoms with E-state index in [1.54, 1.807) is 6.92 Å². The molecule has 0 aliphatic carbocycles. The van der Waals surface area contributed by atoms with Crippen molar-refractivity contribution in [3.05, 3.63) is 65.4 Å². The molecule has 0 unspecified atom stereocenters. The third kappa shape index (κ3) is 3.01. The molecule has 0 spiro atoms. The SMILES string of the molecule is Cc1[nH]c2ccccc2c1C(=O)[C@H](C)Sc1ccc(F)c(F)c1. The number of fused-ring (bicyclic) bond motifs is 1. The second-order valence-corrected chi connectivity index (χ2v) is 6.79. The quantitative estimate of drug-likeness (QED) is 0.532. The summed E-state index contributed by atoms with van der Waals surface area (Å²) in [6.07, 6.45) is 0. The van der Waals surface area contributed by atoms with Gasteiger partial charge in [-0.2, -0.15) is 0 Å². The van der Waals surface area contributed by atoms with E-state index in [0.717, 1.165) is 28.7 Å². The predicted molar refractivity (Wildman–Crippen MR) is 89.0 cm³/mol. The van der Waals surface area contributed by atoms with Crippen molar-refractivity contribution < 1.29 is 13.6 Å². The van der Waals surface area contributed by atoms with Gasteiger partial charge in [0.2, 0.25) is 0 Å². The second kappa shape index (κ2) is 6.16. The van der Waals surface area contributed by atoms with Gasteiger partial charge >= 0.3 is 0 Å². The van der Waals surface area contributed by atoms with Crippen molar-refractivity contribution in [2.45, 2.75) is 24.0 Å². The number of halogens is 2. The van der Waals surface area contributed by atoms with E-state index in [0.29, 0.717) is 10.5 Å². The molecule has 1 N–H and O–H groups in total. The third-order valence-corrected chi connectivity index (χ3v) is 4.81. The number of aryl methyl sites for hydroxylation is 1. The first-order valence-electron chi connectivity index (χ1n) is 7.20. The predicted octanol–water partition coefficient (Wildman–Crippen LogP) is 5.12. The fourth-order valence-electron chi connectivity index (χ4n) is 2.61. The molecule has 1 heterocycles. The summed E-state index contributed by atoms with van der Waals surface area (Å²) in [5, 5.41) is 0.477. The zero-order valence-corrected chi connectivity index (χ0v) is 13.5. The number of rotatable bonds is 4. The van der Waals surface area contributed by atoms with Gasteiger partial charge in [0.1, 0.15) is 0 Å². The van der Waals surface area contributed by atoms with Gasteiger partial charge < -0.3 is 4.98 Å². The number of ketones is 1. The Bertz CT molecular complexity index is 888. The van der Waals surface area contributed by atoms with Gasteiger partial charge in [-0.1, -0.05) is 18.2 Å². The highest BCUT2D eigenvalue weighted by Gasteiger charge is 2.22.